The largest absolute Gasteiger partial charge is 0.480 e. The second-order valence-corrected chi connectivity index (χ2v) is 12.9. The second-order valence-electron chi connectivity index (χ2n) is 10.7. The number of hydrogen-bond acceptors (Lipinski definition) is 6. The Labute approximate surface area is 242 Å². The highest BCUT2D eigenvalue weighted by Gasteiger charge is 2.29. The molecular weight excluding hydrogens is 548 g/mol. The summed E-state index contributed by atoms with van der Waals surface area (Å²) in [5.41, 5.74) is 0.726. The van der Waals surface area contributed by atoms with Gasteiger partial charge in [-0.25, -0.2) is 9.59 Å². The Bertz CT molecular complexity index is 1120. The average Bonchev–Trinajstić information content (AvgIpc) is 3.66. The van der Waals surface area contributed by atoms with Crippen LogP contribution in [0.4, 0.5) is 0 Å². The number of carboxylic acid groups (broad SMARTS) is 2. The van der Waals surface area contributed by atoms with Crippen LogP contribution in [0.15, 0.2) is 58.3 Å². The molecule has 2 amide bonds. The fraction of sp³-hybridized carbons (Fsp3) is 0.467. The molecule has 2 aromatic rings. The van der Waals surface area contributed by atoms with E-state index >= 15 is 0 Å². The van der Waals surface area contributed by atoms with Crippen molar-refractivity contribution in [3.63, 3.8) is 0 Å². The lowest BCUT2D eigenvalue weighted by molar-refractivity contribution is -0.140. The predicted octanol–water partition coefficient (Wildman–Crippen LogP) is 6.01. The molecule has 4 N–H and O–H groups in total. The first-order valence-corrected chi connectivity index (χ1v) is 16.1. The third-order valence-electron chi connectivity index (χ3n) is 7.78. The zero-order valence-electron chi connectivity index (χ0n) is 22.3. The van der Waals surface area contributed by atoms with E-state index in [4.69, 9.17) is 0 Å². The fourth-order valence-electron chi connectivity index (χ4n) is 5.62. The molecule has 2 aliphatic carbocycles. The average molecular weight is 585 g/mol. The Morgan fingerprint density at radius 1 is 0.650 bits per heavy atom. The minimum atomic E-state index is -1.03. The van der Waals surface area contributed by atoms with Crippen LogP contribution in [0, 0.1) is 11.8 Å². The smallest absolute Gasteiger partial charge is 0.326 e. The summed E-state index contributed by atoms with van der Waals surface area (Å²) in [7, 11) is 2.58. The maximum absolute atomic E-state index is 13.2. The monoisotopic (exact) mass is 584 g/mol. The van der Waals surface area contributed by atoms with Crippen molar-refractivity contribution in [1.82, 2.24) is 10.6 Å². The molecule has 0 spiro atoms. The molecule has 10 heteroatoms. The number of carboxylic acids is 2. The highest BCUT2D eigenvalue weighted by molar-refractivity contribution is 8.76. The van der Waals surface area contributed by atoms with Gasteiger partial charge in [0, 0.05) is 9.79 Å². The molecule has 8 nitrogen and oxygen atoms in total. The van der Waals surface area contributed by atoms with Crippen LogP contribution in [0.3, 0.4) is 0 Å². The molecule has 2 aliphatic rings. The number of carbonyl (C=O) groups is 4. The summed E-state index contributed by atoms with van der Waals surface area (Å²) in [5, 5.41) is 24.8. The highest BCUT2D eigenvalue weighted by Crippen LogP contribution is 2.40. The first kappa shape index (κ1) is 30.0. The zero-order chi connectivity index (χ0) is 28.5. The number of carbonyl (C=O) groups excluding carboxylic acids is 2. The lowest BCUT2D eigenvalue weighted by Crippen LogP contribution is -2.42. The lowest BCUT2D eigenvalue weighted by Gasteiger charge is -2.19. The van der Waals surface area contributed by atoms with E-state index in [0.717, 1.165) is 51.4 Å². The van der Waals surface area contributed by atoms with Gasteiger partial charge < -0.3 is 20.8 Å². The van der Waals surface area contributed by atoms with Crippen molar-refractivity contribution in [2.45, 2.75) is 86.1 Å². The zero-order valence-corrected chi connectivity index (χ0v) is 24.0. The van der Waals surface area contributed by atoms with Gasteiger partial charge in [0.25, 0.3) is 11.8 Å². The van der Waals surface area contributed by atoms with E-state index in [1.54, 1.807) is 48.5 Å². The summed E-state index contributed by atoms with van der Waals surface area (Å²) < 4.78 is 0. The molecule has 2 fully saturated rings. The Morgan fingerprint density at radius 3 is 1.35 bits per heavy atom. The summed E-state index contributed by atoms with van der Waals surface area (Å²) in [6, 6.07) is 12.0. The van der Waals surface area contributed by atoms with Crippen molar-refractivity contribution in [3.05, 3.63) is 59.7 Å². The molecule has 2 atom stereocenters. The summed E-state index contributed by atoms with van der Waals surface area (Å²) >= 11 is 0. The number of hydrogen-bond donors (Lipinski definition) is 4. The van der Waals surface area contributed by atoms with Crippen molar-refractivity contribution < 1.29 is 29.4 Å². The van der Waals surface area contributed by atoms with Crippen molar-refractivity contribution in [3.8, 4) is 0 Å². The molecule has 2 unspecified atom stereocenters. The number of amides is 2. The topological polar surface area (TPSA) is 133 Å². The third-order valence-corrected chi connectivity index (χ3v) is 10.3. The van der Waals surface area contributed by atoms with Gasteiger partial charge in [-0.2, -0.15) is 0 Å². The van der Waals surface area contributed by atoms with Crippen LogP contribution in [0.2, 0.25) is 0 Å². The Balaban J connectivity index is 1.42. The Hall–Kier alpha value is -2.98. The minimum absolute atomic E-state index is 0.308. The van der Waals surface area contributed by atoms with Gasteiger partial charge in [-0.15, -0.1) is 0 Å². The van der Waals surface area contributed by atoms with E-state index in [0.29, 0.717) is 45.6 Å². The molecule has 4 rings (SSSR count). The van der Waals surface area contributed by atoms with Crippen molar-refractivity contribution in [2.24, 2.45) is 11.8 Å². The van der Waals surface area contributed by atoms with Crippen LogP contribution in [-0.2, 0) is 9.59 Å². The number of nitrogens with one attached hydrogen (secondary N) is 2. The molecule has 214 valence electrons. The standard InChI is InChI=1S/C30H36N2O6S2/c33-27(31-23(29(35)36)17-19-9-1-2-10-19)21-13-5-7-15-25(21)39-40-26-16-8-6-14-22(26)28(34)32-24(30(37)38)18-20-11-3-4-12-20/h5-8,13-16,19-20,23-24H,1-4,9-12,17-18H2,(H,31,33)(H,32,34)(H,35,36)(H,37,38). The Kier molecular flexibility index (Phi) is 10.9. The van der Waals surface area contributed by atoms with E-state index in [-0.39, 0.29) is 0 Å². The molecule has 0 radical (unpaired) electrons. The van der Waals surface area contributed by atoms with Crippen LogP contribution >= 0.6 is 21.6 Å². The van der Waals surface area contributed by atoms with Crippen LogP contribution in [0.25, 0.3) is 0 Å². The summed E-state index contributed by atoms with van der Waals surface area (Å²) in [4.78, 5) is 51.3. The highest BCUT2D eigenvalue weighted by atomic mass is 33.1. The van der Waals surface area contributed by atoms with Gasteiger partial charge in [0.2, 0.25) is 0 Å². The third kappa shape index (κ3) is 8.27. The normalized spacial score (nSPS) is 17.3. The van der Waals surface area contributed by atoms with Gasteiger partial charge in [0.15, 0.2) is 0 Å². The lowest BCUT2D eigenvalue weighted by atomic mass is 9.98. The molecule has 2 aromatic carbocycles. The number of benzene rings is 2. The van der Waals surface area contributed by atoms with E-state index in [1.165, 1.54) is 21.6 Å². The first-order chi connectivity index (χ1) is 19.3. The van der Waals surface area contributed by atoms with Crippen LogP contribution in [0.5, 0.6) is 0 Å². The number of rotatable bonds is 13. The van der Waals surface area contributed by atoms with E-state index < -0.39 is 35.8 Å². The molecule has 0 aliphatic heterocycles. The molecule has 40 heavy (non-hydrogen) atoms. The SMILES string of the molecule is O=C(NC(CC1CCCC1)C(=O)O)c1ccccc1SSc1ccccc1C(=O)NC(CC1CCCC1)C(=O)O. The minimum Gasteiger partial charge on any atom is -0.480 e. The molecule has 0 saturated heterocycles. The van der Waals surface area contributed by atoms with Crippen LogP contribution in [0.1, 0.15) is 84.9 Å². The van der Waals surface area contributed by atoms with Gasteiger partial charge in [-0.05, 0) is 48.9 Å². The maximum atomic E-state index is 13.2. The Morgan fingerprint density at radius 2 is 1.00 bits per heavy atom. The van der Waals surface area contributed by atoms with Gasteiger partial charge in [-0.1, -0.05) is 97.2 Å². The van der Waals surface area contributed by atoms with Crippen LogP contribution in [-0.4, -0.2) is 46.0 Å². The summed E-state index contributed by atoms with van der Waals surface area (Å²) in [5.74, 6) is -2.35. The summed E-state index contributed by atoms with van der Waals surface area (Å²) in [6.45, 7) is 0. The van der Waals surface area contributed by atoms with E-state index in [9.17, 15) is 29.4 Å². The van der Waals surface area contributed by atoms with E-state index in [2.05, 4.69) is 10.6 Å². The van der Waals surface area contributed by atoms with Gasteiger partial charge in [0.05, 0.1) is 11.1 Å². The molecule has 2 saturated carbocycles. The quantitative estimate of drug-likeness (QED) is 0.210. The van der Waals surface area contributed by atoms with Gasteiger partial charge in [-0.3, -0.25) is 9.59 Å². The van der Waals surface area contributed by atoms with Crippen molar-refractivity contribution in [2.75, 3.05) is 0 Å². The van der Waals surface area contributed by atoms with Crippen LogP contribution < -0.4 is 10.6 Å². The summed E-state index contributed by atoms with van der Waals surface area (Å²) in [6.07, 6.45) is 9.19. The number of aliphatic carboxylic acids is 2. The van der Waals surface area contributed by atoms with Crippen molar-refractivity contribution >= 4 is 45.3 Å². The second kappa shape index (κ2) is 14.6. The van der Waals surface area contributed by atoms with Gasteiger partial charge in [0.1, 0.15) is 12.1 Å². The molecule has 0 aromatic heterocycles. The maximum Gasteiger partial charge on any atom is 0.326 e. The molecule has 0 heterocycles. The molecule has 0 bridgehead atoms. The van der Waals surface area contributed by atoms with Crippen molar-refractivity contribution in [1.29, 1.82) is 0 Å². The first-order valence-electron chi connectivity index (χ1n) is 13.9. The fourth-order valence-corrected chi connectivity index (χ4v) is 7.98. The van der Waals surface area contributed by atoms with E-state index in [1.807, 2.05) is 0 Å². The predicted molar refractivity (Wildman–Crippen MR) is 156 cm³/mol. The van der Waals surface area contributed by atoms with Gasteiger partial charge >= 0.3 is 11.9 Å². The molecular formula is C30H36N2O6S2.